The van der Waals surface area contributed by atoms with Gasteiger partial charge in [0.05, 0.1) is 0 Å². The van der Waals surface area contributed by atoms with E-state index in [0.717, 1.165) is 6.54 Å². The van der Waals surface area contributed by atoms with Gasteiger partial charge in [0.15, 0.2) is 0 Å². The van der Waals surface area contributed by atoms with Crippen LogP contribution in [0.4, 0.5) is 0 Å². The van der Waals surface area contributed by atoms with Gasteiger partial charge in [-0.25, -0.2) is 0 Å². The van der Waals surface area contributed by atoms with E-state index in [2.05, 4.69) is 18.9 Å². The molecular weight excluding hydrogens is 184 g/mol. The average Bonchev–Trinajstić information content (AvgIpc) is 2.17. The Morgan fingerprint density at radius 1 is 1.20 bits per heavy atom. The summed E-state index contributed by atoms with van der Waals surface area (Å²) in [4.78, 5) is 2.48. The highest BCUT2D eigenvalue weighted by molar-refractivity contribution is 4.88. The number of nitrogens with two attached hydrogens (primary N) is 1. The zero-order valence-electron chi connectivity index (χ0n) is 10.6. The molecule has 2 heteroatoms. The van der Waals surface area contributed by atoms with Crippen LogP contribution in [0.5, 0.6) is 0 Å². The predicted octanol–water partition coefficient (Wildman–Crippen LogP) is 2.63. The van der Waals surface area contributed by atoms with Gasteiger partial charge in [0.2, 0.25) is 0 Å². The molecule has 0 amide bonds. The highest BCUT2D eigenvalue weighted by atomic mass is 15.1. The molecule has 0 aromatic rings. The lowest BCUT2D eigenvalue weighted by Gasteiger charge is -2.42. The Bertz CT molecular complexity index is 158. The van der Waals surface area contributed by atoms with Crippen molar-refractivity contribution in [3.05, 3.63) is 0 Å². The van der Waals surface area contributed by atoms with E-state index < -0.39 is 0 Å². The van der Waals surface area contributed by atoms with Gasteiger partial charge in [-0.1, -0.05) is 26.2 Å². The Morgan fingerprint density at radius 2 is 1.93 bits per heavy atom. The van der Waals surface area contributed by atoms with Crippen molar-refractivity contribution in [3.8, 4) is 0 Å². The minimum atomic E-state index is 0.527. The standard InChI is InChI=1S/C13H28N2/c1-3-4-5-10-15(2)11-9-13(12-14)7-6-8-13/h3-12,14H2,1-2H3. The monoisotopic (exact) mass is 212 g/mol. The van der Waals surface area contributed by atoms with Gasteiger partial charge in [-0.05, 0) is 57.8 Å². The molecule has 0 heterocycles. The lowest BCUT2D eigenvalue weighted by molar-refractivity contribution is 0.112. The molecule has 2 N–H and O–H groups in total. The van der Waals surface area contributed by atoms with Crippen molar-refractivity contribution in [1.82, 2.24) is 4.90 Å². The van der Waals surface area contributed by atoms with E-state index in [4.69, 9.17) is 5.73 Å². The number of rotatable bonds is 8. The molecule has 1 aliphatic carbocycles. The van der Waals surface area contributed by atoms with Gasteiger partial charge in [-0.15, -0.1) is 0 Å². The molecule has 0 atom stereocenters. The summed E-state index contributed by atoms with van der Waals surface area (Å²) in [7, 11) is 2.25. The maximum atomic E-state index is 5.86. The van der Waals surface area contributed by atoms with Crippen LogP contribution in [-0.4, -0.2) is 31.6 Å². The van der Waals surface area contributed by atoms with Gasteiger partial charge in [-0.2, -0.15) is 0 Å². The summed E-state index contributed by atoms with van der Waals surface area (Å²) >= 11 is 0. The molecule has 0 bridgehead atoms. The largest absolute Gasteiger partial charge is 0.330 e. The zero-order chi connectivity index (χ0) is 11.1. The van der Waals surface area contributed by atoms with Crippen molar-refractivity contribution in [2.24, 2.45) is 11.1 Å². The topological polar surface area (TPSA) is 29.3 Å². The molecule has 0 aromatic heterocycles. The molecule has 15 heavy (non-hydrogen) atoms. The second-order valence-corrected chi connectivity index (χ2v) is 5.32. The van der Waals surface area contributed by atoms with Crippen LogP contribution >= 0.6 is 0 Å². The lowest BCUT2D eigenvalue weighted by Crippen LogP contribution is -2.40. The Morgan fingerprint density at radius 3 is 2.40 bits per heavy atom. The third kappa shape index (κ3) is 4.12. The maximum Gasteiger partial charge on any atom is -0.00160 e. The first-order chi connectivity index (χ1) is 7.22. The molecule has 0 spiro atoms. The van der Waals surface area contributed by atoms with Crippen molar-refractivity contribution in [3.63, 3.8) is 0 Å². The summed E-state index contributed by atoms with van der Waals surface area (Å²) < 4.78 is 0. The van der Waals surface area contributed by atoms with Crippen LogP contribution in [0, 0.1) is 5.41 Å². The molecular formula is C13H28N2. The van der Waals surface area contributed by atoms with Crippen molar-refractivity contribution in [1.29, 1.82) is 0 Å². The SMILES string of the molecule is CCCCCN(C)CCC1(CN)CCC1. The van der Waals surface area contributed by atoms with Gasteiger partial charge in [0.25, 0.3) is 0 Å². The molecule has 0 radical (unpaired) electrons. The van der Waals surface area contributed by atoms with E-state index in [0.29, 0.717) is 5.41 Å². The fourth-order valence-corrected chi connectivity index (χ4v) is 2.40. The van der Waals surface area contributed by atoms with Crippen LogP contribution in [0.2, 0.25) is 0 Å². The summed E-state index contributed by atoms with van der Waals surface area (Å²) in [5.41, 5.74) is 6.38. The van der Waals surface area contributed by atoms with Crippen LogP contribution in [-0.2, 0) is 0 Å². The Kier molecular flexibility index (Phi) is 5.62. The van der Waals surface area contributed by atoms with Gasteiger partial charge in [0.1, 0.15) is 0 Å². The smallest absolute Gasteiger partial charge is 0.00160 e. The predicted molar refractivity (Wildman–Crippen MR) is 67.0 cm³/mol. The van der Waals surface area contributed by atoms with Crippen LogP contribution in [0.15, 0.2) is 0 Å². The summed E-state index contributed by atoms with van der Waals surface area (Å²) in [6.45, 7) is 5.66. The minimum absolute atomic E-state index is 0.527. The second kappa shape index (κ2) is 6.49. The van der Waals surface area contributed by atoms with E-state index in [1.807, 2.05) is 0 Å². The summed E-state index contributed by atoms with van der Waals surface area (Å²) in [5, 5.41) is 0. The summed E-state index contributed by atoms with van der Waals surface area (Å²) in [6.07, 6.45) is 9.48. The molecule has 1 rings (SSSR count). The maximum absolute atomic E-state index is 5.86. The van der Waals surface area contributed by atoms with Crippen molar-refractivity contribution in [2.45, 2.75) is 51.9 Å². The van der Waals surface area contributed by atoms with Crippen LogP contribution < -0.4 is 5.73 Å². The minimum Gasteiger partial charge on any atom is -0.330 e. The van der Waals surface area contributed by atoms with Gasteiger partial charge >= 0.3 is 0 Å². The highest BCUT2D eigenvalue weighted by Gasteiger charge is 2.34. The fourth-order valence-electron chi connectivity index (χ4n) is 2.40. The van der Waals surface area contributed by atoms with Crippen LogP contribution in [0.1, 0.15) is 51.9 Å². The number of hydrogen-bond acceptors (Lipinski definition) is 2. The lowest BCUT2D eigenvalue weighted by atomic mass is 9.66. The van der Waals surface area contributed by atoms with Gasteiger partial charge in [0, 0.05) is 0 Å². The molecule has 1 aliphatic rings. The summed E-state index contributed by atoms with van der Waals surface area (Å²) in [6, 6.07) is 0. The fraction of sp³-hybridized carbons (Fsp3) is 1.00. The normalized spacial score (nSPS) is 19.2. The Balaban J connectivity index is 2.07. The third-order valence-electron chi connectivity index (χ3n) is 4.01. The molecule has 2 nitrogen and oxygen atoms in total. The Hall–Kier alpha value is -0.0800. The second-order valence-electron chi connectivity index (χ2n) is 5.32. The van der Waals surface area contributed by atoms with Crippen molar-refractivity contribution in [2.75, 3.05) is 26.7 Å². The average molecular weight is 212 g/mol. The van der Waals surface area contributed by atoms with E-state index in [1.165, 1.54) is 58.0 Å². The number of nitrogens with zero attached hydrogens (tertiary/aromatic N) is 1. The number of hydrogen-bond donors (Lipinski definition) is 1. The van der Waals surface area contributed by atoms with Crippen molar-refractivity contribution >= 4 is 0 Å². The zero-order valence-corrected chi connectivity index (χ0v) is 10.6. The Labute approximate surface area is 95.2 Å². The third-order valence-corrected chi connectivity index (χ3v) is 4.01. The molecule has 0 aliphatic heterocycles. The molecule has 90 valence electrons. The first-order valence-electron chi connectivity index (χ1n) is 6.61. The first-order valence-corrected chi connectivity index (χ1v) is 6.61. The molecule has 1 saturated carbocycles. The van der Waals surface area contributed by atoms with Crippen molar-refractivity contribution < 1.29 is 0 Å². The van der Waals surface area contributed by atoms with Crippen LogP contribution in [0.3, 0.4) is 0 Å². The molecule has 0 unspecified atom stereocenters. The van der Waals surface area contributed by atoms with E-state index in [9.17, 15) is 0 Å². The summed E-state index contributed by atoms with van der Waals surface area (Å²) in [5.74, 6) is 0. The van der Waals surface area contributed by atoms with E-state index in [1.54, 1.807) is 0 Å². The molecule has 1 fully saturated rings. The van der Waals surface area contributed by atoms with Gasteiger partial charge < -0.3 is 10.6 Å². The highest BCUT2D eigenvalue weighted by Crippen LogP contribution is 2.42. The van der Waals surface area contributed by atoms with E-state index in [-0.39, 0.29) is 0 Å². The molecule has 0 aromatic carbocycles. The van der Waals surface area contributed by atoms with E-state index >= 15 is 0 Å². The number of unbranched alkanes of at least 4 members (excludes halogenated alkanes) is 2. The van der Waals surface area contributed by atoms with Crippen LogP contribution in [0.25, 0.3) is 0 Å². The molecule has 0 saturated heterocycles. The first kappa shape index (κ1) is 13.0. The quantitative estimate of drug-likeness (QED) is 0.627. The van der Waals surface area contributed by atoms with Gasteiger partial charge in [-0.3, -0.25) is 0 Å².